The average molecular weight is 388 g/mol. The number of ether oxygens (including phenoxy) is 1. The number of likely N-dealkylation sites (tertiary alicyclic amines) is 1. The Morgan fingerprint density at radius 1 is 1.15 bits per heavy atom. The third-order valence-corrected chi connectivity index (χ3v) is 6.14. The Hall–Kier alpha value is -2.38. The predicted octanol–water partition coefficient (Wildman–Crippen LogP) is 1.63. The number of rotatable bonds is 7. The molecule has 7 heteroatoms. The van der Waals surface area contributed by atoms with Crippen molar-refractivity contribution in [2.75, 3.05) is 26.5 Å². The molecule has 0 atom stereocenters. The summed E-state index contributed by atoms with van der Waals surface area (Å²) in [5.74, 6) is 0.461. The van der Waals surface area contributed by atoms with Crippen LogP contribution in [-0.4, -0.2) is 45.7 Å². The molecular formula is C20H24N2O4S. The minimum Gasteiger partial charge on any atom is -0.497 e. The first-order chi connectivity index (χ1) is 12.7. The maximum absolute atomic E-state index is 12.1. The first-order valence-electron chi connectivity index (χ1n) is 8.66. The van der Waals surface area contributed by atoms with Crippen molar-refractivity contribution in [2.45, 2.75) is 17.9 Å². The molecule has 0 aromatic heterocycles. The van der Waals surface area contributed by atoms with Gasteiger partial charge in [0.15, 0.2) is 9.84 Å². The lowest BCUT2D eigenvalue weighted by atomic mass is 9.74. The van der Waals surface area contributed by atoms with Gasteiger partial charge in [-0.1, -0.05) is 24.3 Å². The van der Waals surface area contributed by atoms with Gasteiger partial charge in [-0.05, 0) is 41.8 Å². The number of benzene rings is 2. The van der Waals surface area contributed by atoms with Crippen LogP contribution in [0.5, 0.6) is 5.75 Å². The van der Waals surface area contributed by atoms with Crippen LogP contribution < -0.4 is 10.5 Å². The van der Waals surface area contributed by atoms with Crippen molar-refractivity contribution in [1.29, 1.82) is 0 Å². The molecule has 1 heterocycles. The lowest BCUT2D eigenvalue weighted by molar-refractivity contribution is -0.138. The Morgan fingerprint density at radius 3 is 2.37 bits per heavy atom. The Labute approximate surface area is 159 Å². The minimum absolute atomic E-state index is 0.297. The molecule has 3 rings (SSSR count). The summed E-state index contributed by atoms with van der Waals surface area (Å²) >= 11 is 0. The number of carbonyl (C=O) groups is 1. The van der Waals surface area contributed by atoms with Crippen molar-refractivity contribution >= 4 is 15.7 Å². The standard InChI is InChI=1S/C20H24N2O4S/c1-26-17-5-3-4-16(10-17)11-20(19(21)23)13-22(14-20)12-15-6-8-18(9-7-15)27(2,24)25/h3-10H,11-14H2,1-2H3,(H2,21,23). The SMILES string of the molecule is COc1cccc(CC2(C(N)=O)CN(Cc3ccc(S(C)(=O)=O)cc3)C2)c1. The minimum atomic E-state index is -3.19. The zero-order valence-electron chi connectivity index (χ0n) is 15.5. The molecule has 0 saturated carbocycles. The lowest BCUT2D eigenvalue weighted by Crippen LogP contribution is -2.62. The average Bonchev–Trinajstić information content (AvgIpc) is 2.59. The van der Waals surface area contributed by atoms with E-state index < -0.39 is 15.3 Å². The normalized spacial score (nSPS) is 16.5. The van der Waals surface area contributed by atoms with Crippen LogP contribution in [0.4, 0.5) is 0 Å². The van der Waals surface area contributed by atoms with E-state index in [-0.39, 0.29) is 5.91 Å². The van der Waals surface area contributed by atoms with Gasteiger partial charge in [0.1, 0.15) is 5.75 Å². The first kappa shape index (κ1) is 19.4. The number of hydrogen-bond acceptors (Lipinski definition) is 5. The maximum atomic E-state index is 12.1. The summed E-state index contributed by atoms with van der Waals surface area (Å²) in [4.78, 5) is 14.6. The second kappa shape index (κ2) is 7.32. The number of methoxy groups -OCH3 is 1. The molecule has 6 nitrogen and oxygen atoms in total. The Bertz CT molecular complexity index is 933. The number of hydrogen-bond donors (Lipinski definition) is 1. The van der Waals surface area contributed by atoms with Gasteiger partial charge in [-0.15, -0.1) is 0 Å². The van der Waals surface area contributed by atoms with Crippen molar-refractivity contribution in [3.05, 3.63) is 59.7 Å². The molecule has 27 heavy (non-hydrogen) atoms. The number of carbonyl (C=O) groups excluding carboxylic acids is 1. The van der Waals surface area contributed by atoms with E-state index >= 15 is 0 Å². The summed E-state index contributed by atoms with van der Waals surface area (Å²) in [5, 5.41) is 0. The molecule has 144 valence electrons. The van der Waals surface area contributed by atoms with E-state index in [2.05, 4.69) is 4.90 Å². The number of sulfone groups is 1. The molecule has 0 unspecified atom stereocenters. The number of nitrogens with zero attached hydrogens (tertiary/aromatic N) is 1. The molecule has 2 aromatic rings. The van der Waals surface area contributed by atoms with Crippen LogP contribution in [0.25, 0.3) is 0 Å². The van der Waals surface area contributed by atoms with Crippen LogP contribution in [0.2, 0.25) is 0 Å². The van der Waals surface area contributed by atoms with Gasteiger partial charge in [0.05, 0.1) is 17.4 Å². The second-order valence-corrected chi connectivity index (χ2v) is 9.25. The Kier molecular flexibility index (Phi) is 5.26. The number of primary amides is 1. The highest BCUT2D eigenvalue weighted by molar-refractivity contribution is 7.90. The van der Waals surface area contributed by atoms with E-state index in [1.807, 2.05) is 36.4 Å². The highest BCUT2D eigenvalue weighted by Crippen LogP contribution is 2.35. The van der Waals surface area contributed by atoms with Gasteiger partial charge in [0, 0.05) is 25.9 Å². The van der Waals surface area contributed by atoms with Crippen molar-refractivity contribution < 1.29 is 17.9 Å². The van der Waals surface area contributed by atoms with E-state index in [1.54, 1.807) is 19.2 Å². The molecule has 0 bridgehead atoms. The fourth-order valence-electron chi connectivity index (χ4n) is 3.55. The number of nitrogens with two attached hydrogens (primary N) is 1. The fourth-order valence-corrected chi connectivity index (χ4v) is 4.18. The van der Waals surface area contributed by atoms with E-state index in [4.69, 9.17) is 10.5 Å². The number of amides is 1. The van der Waals surface area contributed by atoms with Crippen molar-refractivity contribution in [3.63, 3.8) is 0 Å². The summed E-state index contributed by atoms with van der Waals surface area (Å²) in [7, 11) is -1.58. The molecule has 1 saturated heterocycles. The zero-order valence-corrected chi connectivity index (χ0v) is 16.3. The lowest BCUT2D eigenvalue weighted by Gasteiger charge is -2.48. The molecular weight excluding hydrogens is 364 g/mol. The predicted molar refractivity (Wildman–Crippen MR) is 103 cm³/mol. The summed E-state index contributed by atoms with van der Waals surface area (Å²) < 4.78 is 28.3. The summed E-state index contributed by atoms with van der Waals surface area (Å²) in [6, 6.07) is 14.5. The van der Waals surface area contributed by atoms with Crippen LogP contribution >= 0.6 is 0 Å². The molecule has 0 spiro atoms. The molecule has 0 radical (unpaired) electrons. The van der Waals surface area contributed by atoms with E-state index in [9.17, 15) is 13.2 Å². The van der Waals surface area contributed by atoms with Gasteiger partial charge in [-0.2, -0.15) is 0 Å². The zero-order chi connectivity index (χ0) is 19.7. The second-order valence-electron chi connectivity index (χ2n) is 7.23. The van der Waals surface area contributed by atoms with Gasteiger partial charge in [-0.25, -0.2) is 8.42 Å². The topological polar surface area (TPSA) is 89.7 Å². The fraction of sp³-hybridized carbons (Fsp3) is 0.350. The third-order valence-electron chi connectivity index (χ3n) is 5.01. The molecule has 1 amide bonds. The summed E-state index contributed by atoms with van der Waals surface area (Å²) in [6.07, 6.45) is 1.76. The van der Waals surface area contributed by atoms with Gasteiger partial charge >= 0.3 is 0 Å². The molecule has 2 aromatic carbocycles. The molecule has 0 aliphatic carbocycles. The maximum Gasteiger partial charge on any atom is 0.226 e. The van der Waals surface area contributed by atoms with Crippen LogP contribution in [0.1, 0.15) is 11.1 Å². The van der Waals surface area contributed by atoms with Gasteiger partial charge < -0.3 is 10.5 Å². The Morgan fingerprint density at radius 2 is 1.81 bits per heavy atom. The smallest absolute Gasteiger partial charge is 0.226 e. The monoisotopic (exact) mass is 388 g/mol. The molecule has 1 fully saturated rings. The van der Waals surface area contributed by atoms with E-state index in [0.717, 1.165) is 16.9 Å². The van der Waals surface area contributed by atoms with Crippen LogP contribution in [-0.2, 0) is 27.6 Å². The third kappa shape index (κ3) is 4.31. The molecule has 1 aliphatic rings. The van der Waals surface area contributed by atoms with Crippen LogP contribution in [0.3, 0.4) is 0 Å². The summed E-state index contributed by atoms with van der Waals surface area (Å²) in [6.45, 7) is 1.80. The quantitative estimate of drug-likeness (QED) is 0.779. The summed E-state index contributed by atoms with van der Waals surface area (Å²) in [5.41, 5.74) is 7.15. The van der Waals surface area contributed by atoms with Gasteiger partial charge in [0.25, 0.3) is 0 Å². The van der Waals surface area contributed by atoms with E-state index in [1.165, 1.54) is 6.26 Å². The Balaban J connectivity index is 1.66. The highest BCUT2D eigenvalue weighted by atomic mass is 32.2. The highest BCUT2D eigenvalue weighted by Gasteiger charge is 2.47. The van der Waals surface area contributed by atoms with Crippen molar-refractivity contribution in [1.82, 2.24) is 4.90 Å². The van der Waals surface area contributed by atoms with Crippen LogP contribution in [0.15, 0.2) is 53.4 Å². The van der Waals surface area contributed by atoms with Crippen LogP contribution in [0, 0.1) is 5.41 Å². The first-order valence-corrected chi connectivity index (χ1v) is 10.6. The van der Waals surface area contributed by atoms with Crippen molar-refractivity contribution in [3.8, 4) is 5.75 Å². The molecule has 1 aliphatic heterocycles. The van der Waals surface area contributed by atoms with Crippen molar-refractivity contribution in [2.24, 2.45) is 11.1 Å². The largest absolute Gasteiger partial charge is 0.497 e. The van der Waals surface area contributed by atoms with E-state index in [0.29, 0.717) is 31.0 Å². The molecule has 2 N–H and O–H groups in total. The van der Waals surface area contributed by atoms with Gasteiger partial charge in [0.2, 0.25) is 5.91 Å². The van der Waals surface area contributed by atoms with Gasteiger partial charge in [-0.3, -0.25) is 9.69 Å².